The zero-order chi connectivity index (χ0) is 10.9. The molecule has 0 fully saturated rings. The maximum Gasteiger partial charge on any atom is 0.279 e. The molecule has 15 heavy (non-hydrogen) atoms. The van der Waals surface area contributed by atoms with E-state index in [9.17, 15) is 8.42 Å². The Labute approximate surface area is 95.8 Å². The average molecular weight is 260 g/mol. The minimum absolute atomic E-state index is 0.0898. The highest BCUT2D eigenvalue weighted by atomic mass is 35.7. The van der Waals surface area contributed by atoms with Crippen LogP contribution in [0.3, 0.4) is 0 Å². The standard InChI is InChI=1S/C9H6ClNO2S2/c10-15(12,13)8-6-14-9(11-8)7-4-2-1-3-5-7/h1-6H. The van der Waals surface area contributed by atoms with Gasteiger partial charge in [-0.2, -0.15) is 0 Å². The highest BCUT2D eigenvalue weighted by Gasteiger charge is 2.14. The maximum absolute atomic E-state index is 11.0. The van der Waals surface area contributed by atoms with Gasteiger partial charge in [0.2, 0.25) is 0 Å². The van der Waals surface area contributed by atoms with E-state index in [2.05, 4.69) is 4.98 Å². The quantitative estimate of drug-likeness (QED) is 0.779. The Morgan fingerprint density at radius 1 is 1.20 bits per heavy atom. The van der Waals surface area contributed by atoms with E-state index >= 15 is 0 Å². The van der Waals surface area contributed by atoms with Crippen molar-refractivity contribution in [1.82, 2.24) is 4.98 Å². The second-order valence-corrected chi connectivity index (χ2v) is 6.17. The molecule has 0 amide bonds. The number of nitrogens with zero attached hydrogens (tertiary/aromatic N) is 1. The van der Waals surface area contributed by atoms with E-state index in [1.54, 1.807) is 0 Å². The molecule has 3 nitrogen and oxygen atoms in total. The molecular weight excluding hydrogens is 254 g/mol. The first kappa shape index (κ1) is 10.6. The fourth-order valence-electron chi connectivity index (χ4n) is 1.08. The summed E-state index contributed by atoms with van der Waals surface area (Å²) in [7, 11) is 1.46. The van der Waals surface area contributed by atoms with Gasteiger partial charge in [-0.25, -0.2) is 13.4 Å². The molecule has 0 saturated carbocycles. The van der Waals surface area contributed by atoms with Gasteiger partial charge in [0.05, 0.1) is 0 Å². The average Bonchev–Trinajstić information content (AvgIpc) is 2.67. The topological polar surface area (TPSA) is 47.0 Å². The summed E-state index contributed by atoms with van der Waals surface area (Å²) in [6.45, 7) is 0. The molecular formula is C9H6ClNO2S2. The predicted molar refractivity (Wildman–Crippen MR) is 60.6 cm³/mol. The first-order chi connectivity index (χ1) is 7.07. The highest BCUT2D eigenvalue weighted by molar-refractivity contribution is 8.13. The largest absolute Gasteiger partial charge is 0.279 e. The number of hydrogen-bond acceptors (Lipinski definition) is 4. The zero-order valence-corrected chi connectivity index (χ0v) is 9.81. The van der Waals surface area contributed by atoms with E-state index < -0.39 is 9.05 Å². The summed E-state index contributed by atoms with van der Waals surface area (Å²) < 4.78 is 22.0. The molecule has 0 aliphatic carbocycles. The first-order valence-electron chi connectivity index (χ1n) is 4.03. The van der Waals surface area contributed by atoms with Gasteiger partial charge in [-0.05, 0) is 0 Å². The van der Waals surface area contributed by atoms with E-state index in [4.69, 9.17) is 10.7 Å². The number of halogens is 1. The van der Waals surface area contributed by atoms with Crippen molar-refractivity contribution in [3.8, 4) is 10.6 Å². The third kappa shape index (κ3) is 2.37. The van der Waals surface area contributed by atoms with E-state index in [0.717, 1.165) is 5.56 Å². The van der Waals surface area contributed by atoms with Gasteiger partial charge in [-0.3, -0.25) is 0 Å². The van der Waals surface area contributed by atoms with E-state index in [0.29, 0.717) is 5.01 Å². The molecule has 2 rings (SSSR count). The summed E-state index contributed by atoms with van der Waals surface area (Å²) in [5.41, 5.74) is 0.883. The molecule has 0 atom stereocenters. The third-order valence-electron chi connectivity index (χ3n) is 1.75. The van der Waals surface area contributed by atoms with Crippen molar-refractivity contribution < 1.29 is 8.42 Å². The second kappa shape index (κ2) is 3.92. The molecule has 0 spiro atoms. The molecule has 0 unspecified atom stereocenters. The summed E-state index contributed by atoms with van der Waals surface area (Å²) in [5, 5.41) is 1.99. The van der Waals surface area contributed by atoms with Crippen LogP contribution in [0.2, 0.25) is 0 Å². The van der Waals surface area contributed by atoms with Crippen LogP contribution in [-0.2, 0) is 9.05 Å². The van der Waals surface area contributed by atoms with E-state index in [1.165, 1.54) is 16.7 Å². The number of aromatic nitrogens is 1. The SMILES string of the molecule is O=S(=O)(Cl)c1csc(-c2ccccc2)n1. The Morgan fingerprint density at radius 3 is 2.40 bits per heavy atom. The number of thiazole rings is 1. The molecule has 1 aromatic heterocycles. The minimum Gasteiger partial charge on any atom is -0.223 e. The van der Waals surface area contributed by atoms with Crippen LogP contribution < -0.4 is 0 Å². The monoisotopic (exact) mass is 259 g/mol. The Hall–Kier alpha value is -0.910. The van der Waals surface area contributed by atoms with Crippen LogP contribution in [-0.4, -0.2) is 13.4 Å². The van der Waals surface area contributed by atoms with Gasteiger partial charge in [0, 0.05) is 21.6 Å². The Bertz CT molecular complexity index is 563. The summed E-state index contributed by atoms with van der Waals surface area (Å²) in [5.74, 6) is 0. The third-order valence-corrected chi connectivity index (χ3v) is 3.98. The van der Waals surface area contributed by atoms with Gasteiger partial charge in [0.15, 0.2) is 5.03 Å². The molecule has 6 heteroatoms. The minimum atomic E-state index is -3.72. The smallest absolute Gasteiger partial charge is 0.223 e. The molecule has 0 aliphatic heterocycles. The van der Waals surface area contributed by atoms with Crippen molar-refractivity contribution in [1.29, 1.82) is 0 Å². The van der Waals surface area contributed by atoms with Crippen LogP contribution in [0.25, 0.3) is 10.6 Å². The van der Waals surface area contributed by atoms with Gasteiger partial charge < -0.3 is 0 Å². The predicted octanol–water partition coefficient (Wildman–Crippen LogP) is 2.74. The summed E-state index contributed by atoms with van der Waals surface area (Å²) in [6.07, 6.45) is 0. The van der Waals surface area contributed by atoms with Gasteiger partial charge in [0.25, 0.3) is 9.05 Å². The molecule has 2 aromatic rings. The summed E-state index contributed by atoms with van der Waals surface area (Å²) in [6, 6.07) is 9.35. The lowest BCUT2D eigenvalue weighted by Gasteiger charge is -1.93. The highest BCUT2D eigenvalue weighted by Crippen LogP contribution is 2.26. The van der Waals surface area contributed by atoms with Crippen LogP contribution in [0.5, 0.6) is 0 Å². The molecule has 0 aliphatic rings. The molecule has 0 saturated heterocycles. The number of rotatable bonds is 2. The summed E-state index contributed by atoms with van der Waals surface area (Å²) in [4.78, 5) is 3.95. The maximum atomic E-state index is 11.0. The van der Waals surface area contributed by atoms with Crippen LogP contribution in [0.15, 0.2) is 40.7 Å². The Balaban J connectivity index is 2.46. The molecule has 0 N–H and O–H groups in total. The van der Waals surface area contributed by atoms with Crippen molar-refractivity contribution in [3.63, 3.8) is 0 Å². The fraction of sp³-hybridized carbons (Fsp3) is 0. The van der Waals surface area contributed by atoms with Gasteiger partial charge in [-0.15, -0.1) is 11.3 Å². The normalized spacial score (nSPS) is 11.5. The van der Waals surface area contributed by atoms with Gasteiger partial charge in [-0.1, -0.05) is 30.3 Å². The van der Waals surface area contributed by atoms with Crippen molar-refractivity contribution in [2.75, 3.05) is 0 Å². The number of hydrogen-bond donors (Lipinski definition) is 0. The van der Waals surface area contributed by atoms with Crippen molar-refractivity contribution >= 4 is 31.1 Å². The van der Waals surface area contributed by atoms with Crippen molar-refractivity contribution in [2.45, 2.75) is 5.03 Å². The van der Waals surface area contributed by atoms with E-state index in [-0.39, 0.29) is 5.03 Å². The molecule has 0 bridgehead atoms. The van der Waals surface area contributed by atoms with Crippen LogP contribution in [0.4, 0.5) is 0 Å². The molecule has 78 valence electrons. The van der Waals surface area contributed by atoms with Crippen LogP contribution >= 0.6 is 22.0 Å². The zero-order valence-electron chi connectivity index (χ0n) is 7.42. The van der Waals surface area contributed by atoms with Crippen molar-refractivity contribution in [3.05, 3.63) is 35.7 Å². The lowest BCUT2D eigenvalue weighted by atomic mass is 10.2. The lowest BCUT2D eigenvalue weighted by Crippen LogP contribution is -1.89. The molecule has 0 radical (unpaired) electrons. The van der Waals surface area contributed by atoms with E-state index in [1.807, 2.05) is 30.3 Å². The van der Waals surface area contributed by atoms with Gasteiger partial charge in [0.1, 0.15) is 5.01 Å². The van der Waals surface area contributed by atoms with Gasteiger partial charge >= 0.3 is 0 Å². The number of benzene rings is 1. The molecule has 1 aromatic carbocycles. The summed E-state index contributed by atoms with van der Waals surface area (Å²) >= 11 is 1.25. The Morgan fingerprint density at radius 2 is 1.87 bits per heavy atom. The Kier molecular flexibility index (Phi) is 2.77. The van der Waals surface area contributed by atoms with Crippen LogP contribution in [0.1, 0.15) is 0 Å². The second-order valence-electron chi connectivity index (χ2n) is 2.79. The molecule has 1 heterocycles. The fourth-order valence-corrected chi connectivity index (χ4v) is 3.07. The first-order valence-corrected chi connectivity index (χ1v) is 7.22. The lowest BCUT2D eigenvalue weighted by molar-refractivity contribution is 0.607. The van der Waals surface area contributed by atoms with Crippen molar-refractivity contribution in [2.24, 2.45) is 0 Å². The van der Waals surface area contributed by atoms with Crippen LogP contribution in [0, 0.1) is 0 Å².